The highest BCUT2D eigenvalue weighted by atomic mass is 32.1. The second kappa shape index (κ2) is 11.6. The first kappa shape index (κ1) is 23.0. The van der Waals surface area contributed by atoms with Gasteiger partial charge < -0.3 is 20.3 Å². The topological polar surface area (TPSA) is 80.1 Å². The van der Waals surface area contributed by atoms with Gasteiger partial charge in [-0.25, -0.2) is 4.98 Å². The van der Waals surface area contributed by atoms with Crippen molar-refractivity contribution in [2.45, 2.75) is 13.8 Å². The van der Waals surface area contributed by atoms with Crippen LogP contribution in [-0.4, -0.2) is 26.8 Å². The third-order valence-electron chi connectivity index (χ3n) is 4.06. The van der Waals surface area contributed by atoms with E-state index in [2.05, 4.69) is 25.9 Å². The molecule has 0 unspecified atom stereocenters. The molecule has 162 valence electrons. The molecule has 0 fully saturated rings. The van der Waals surface area contributed by atoms with Gasteiger partial charge in [-0.2, -0.15) is 0 Å². The van der Waals surface area contributed by atoms with E-state index in [1.807, 2.05) is 78.9 Å². The molecule has 1 heterocycles. The van der Waals surface area contributed by atoms with Crippen molar-refractivity contribution >= 4 is 57.6 Å². The zero-order valence-electron chi connectivity index (χ0n) is 17.5. The maximum Gasteiger partial charge on any atom is 0.293 e. The quantitative estimate of drug-likeness (QED) is 0.289. The maximum absolute atomic E-state index is 5.29. The van der Waals surface area contributed by atoms with E-state index >= 15 is 0 Å². The van der Waals surface area contributed by atoms with E-state index in [9.17, 15) is 0 Å². The lowest BCUT2D eigenvalue weighted by molar-refractivity contribution is 0.336. The number of pyridine rings is 1. The van der Waals surface area contributed by atoms with Crippen LogP contribution in [0.15, 0.2) is 89.2 Å². The minimum atomic E-state index is 0.136. The normalized spacial score (nSPS) is 11.4. The second-order valence-electron chi connectivity index (χ2n) is 6.50. The molecule has 32 heavy (non-hydrogen) atoms. The molecule has 0 radical (unpaired) electrons. The molecule has 0 aliphatic heterocycles. The van der Waals surface area contributed by atoms with Crippen LogP contribution in [0.1, 0.15) is 25.2 Å². The molecule has 0 saturated carbocycles. The van der Waals surface area contributed by atoms with Gasteiger partial charge in [0.25, 0.3) is 10.3 Å². The van der Waals surface area contributed by atoms with E-state index in [0.29, 0.717) is 22.8 Å². The summed E-state index contributed by atoms with van der Waals surface area (Å²) in [5.74, 6) is 0. The summed E-state index contributed by atoms with van der Waals surface area (Å²) in [5, 5.41) is 14.3. The van der Waals surface area contributed by atoms with Crippen molar-refractivity contribution in [1.29, 1.82) is 0 Å². The standard InChI is InChI=1S/C23H21N5O2S2/c1-16(27-29-22(31)24-18-10-5-3-6-11-18)20-14-9-15-21(26-20)17(2)28-30-23(32)25-19-12-7-4-8-13-19/h3-15H,1-2H3,(H,24,31)(H,25,32)/b27-16+,28-17+. The van der Waals surface area contributed by atoms with Crippen molar-refractivity contribution in [2.75, 3.05) is 10.6 Å². The molecular formula is C23H21N5O2S2. The van der Waals surface area contributed by atoms with Gasteiger partial charge in [0.15, 0.2) is 0 Å². The summed E-state index contributed by atoms with van der Waals surface area (Å²) in [7, 11) is 0. The van der Waals surface area contributed by atoms with E-state index in [-0.39, 0.29) is 10.3 Å². The minimum absolute atomic E-state index is 0.136. The van der Waals surface area contributed by atoms with E-state index in [1.165, 1.54) is 0 Å². The Morgan fingerprint density at radius 1 is 0.656 bits per heavy atom. The Hall–Kier alpha value is -3.69. The number of nitrogens with zero attached hydrogens (tertiary/aromatic N) is 3. The number of thiocarbonyl (C=S) groups is 2. The number of aromatic nitrogens is 1. The van der Waals surface area contributed by atoms with Crippen molar-refractivity contribution in [2.24, 2.45) is 10.3 Å². The van der Waals surface area contributed by atoms with Gasteiger partial charge in [0.05, 0.1) is 11.4 Å². The lowest BCUT2D eigenvalue weighted by Gasteiger charge is -2.07. The number of para-hydroxylation sites is 2. The zero-order valence-corrected chi connectivity index (χ0v) is 19.1. The largest absolute Gasteiger partial charge is 0.326 e. The van der Waals surface area contributed by atoms with Crippen LogP contribution in [0.3, 0.4) is 0 Å². The van der Waals surface area contributed by atoms with Gasteiger partial charge >= 0.3 is 0 Å². The van der Waals surface area contributed by atoms with E-state index in [4.69, 9.17) is 34.1 Å². The van der Waals surface area contributed by atoms with Gasteiger partial charge in [0, 0.05) is 11.4 Å². The fraction of sp³-hybridized carbons (Fsp3) is 0.0870. The van der Waals surface area contributed by atoms with Crippen LogP contribution in [0.4, 0.5) is 11.4 Å². The van der Waals surface area contributed by atoms with Crippen LogP contribution in [0.25, 0.3) is 0 Å². The van der Waals surface area contributed by atoms with E-state index in [0.717, 1.165) is 11.4 Å². The molecule has 3 rings (SSSR count). The molecule has 0 amide bonds. The molecule has 0 atom stereocenters. The molecule has 2 N–H and O–H groups in total. The highest BCUT2D eigenvalue weighted by Gasteiger charge is 2.07. The minimum Gasteiger partial charge on any atom is -0.326 e. The van der Waals surface area contributed by atoms with Crippen LogP contribution < -0.4 is 10.6 Å². The van der Waals surface area contributed by atoms with Crippen molar-refractivity contribution in [3.63, 3.8) is 0 Å². The second-order valence-corrected chi connectivity index (χ2v) is 7.24. The smallest absolute Gasteiger partial charge is 0.293 e. The maximum atomic E-state index is 5.29. The molecule has 2 aromatic carbocycles. The monoisotopic (exact) mass is 463 g/mol. The lowest BCUT2D eigenvalue weighted by Crippen LogP contribution is -2.13. The molecule has 0 aliphatic carbocycles. The summed E-state index contributed by atoms with van der Waals surface area (Å²) in [5.41, 5.74) is 3.97. The predicted octanol–water partition coefficient (Wildman–Crippen LogP) is 5.36. The Kier molecular flexibility index (Phi) is 8.36. The van der Waals surface area contributed by atoms with Crippen LogP contribution in [0.5, 0.6) is 0 Å². The highest BCUT2D eigenvalue weighted by molar-refractivity contribution is 7.80. The fourth-order valence-corrected chi connectivity index (χ4v) is 2.79. The first-order valence-corrected chi connectivity index (χ1v) is 10.5. The van der Waals surface area contributed by atoms with Crippen molar-refractivity contribution in [3.05, 3.63) is 90.3 Å². The average molecular weight is 464 g/mol. The fourth-order valence-electron chi connectivity index (χ4n) is 2.48. The number of anilines is 2. The summed E-state index contributed by atoms with van der Waals surface area (Å²) < 4.78 is 0. The first-order chi connectivity index (χ1) is 15.5. The van der Waals surface area contributed by atoms with Gasteiger partial charge in [0.1, 0.15) is 11.4 Å². The molecule has 0 spiro atoms. The summed E-state index contributed by atoms with van der Waals surface area (Å²) in [6, 6.07) is 24.4. The Balaban J connectivity index is 1.59. The van der Waals surface area contributed by atoms with E-state index < -0.39 is 0 Å². The number of hydrogen-bond donors (Lipinski definition) is 2. The number of hydrogen-bond acceptors (Lipinski definition) is 7. The molecule has 0 bridgehead atoms. The Bertz CT molecular complexity index is 1050. The van der Waals surface area contributed by atoms with Crippen molar-refractivity contribution < 1.29 is 9.68 Å². The Labute approximate surface area is 197 Å². The van der Waals surface area contributed by atoms with Gasteiger partial charge in [-0.3, -0.25) is 0 Å². The molecule has 3 aromatic rings. The van der Waals surface area contributed by atoms with Crippen molar-refractivity contribution in [1.82, 2.24) is 4.98 Å². The van der Waals surface area contributed by atoms with Gasteiger partial charge in [-0.1, -0.05) is 52.8 Å². The summed E-state index contributed by atoms with van der Waals surface area (Å²) in [6.45, 7) is 3.55. The molecule has 0 aliphatic rings. The third-order valence-corrected chi connectivity index (χ3v) is 4.42. The molecule has 9 heteroatoms. The van der Waals surface area contributed by atoms with Crippen molar-refractivity contribution in [3.8, 4) is 0 Å². The van der Waals surface area contributed by atoms with Crippen LogP contribution in [0.2, 0.25) is 0 Å². The molecule has 0 saturated heterocycles. The molecule has 7 nitrogen and oxygen atoms in total. The predicted molar refractivity (Wildman–Crippen MR) is 136 cm³/mol. The number of benzene rings is 2. The first-order valence-electron chi connectivity index (χ1n) is 9.64. The van der Waals surface area contributed by atoms with Gasteiger partial charge in [0.2, 0.25) is 0 Å². The Morgan fingerprint density at radius 2 is 1.06 bits per heavy atom. The van der Waals surface area contributed by atoms with Gasteiger partial charge in [-0.15, -0.1) is 0 Å². The average Bonchev–Trinajstić information content (AvgIpc) is 2.82. The molecular weight excluding hydrogens is 442 g/mol. The van der Waals surface area contributed by atoms with Crippen LogP contribution in [-0.2, 0) is 9.68 Å². The summed E-state index contributed by atoms with van der Waals surface area (Å²) >= 11 is 10.3. The SMILES string of the molecule is C/C(=N\OC(=S)Nc1ccccc1)c1cccc(/C(C)=N/OC(=S)Nc2ccccc2)n1. The number of rotatable bonds is 6. The zero-order chi connectivity index (χ0) is 22.8. The van der Waals surface area contributed by atoms with Crippen LogP contribution >= 0.6 is 24.4 Å². The third kappa shape index (κ3) is 7.22. The van der Waals surface area contributed by atoms with Gasteiger partial charge in [-0.05, 0) is 74.7 Å². The summed E-state index contributed by atoms with van der Waals surface area (Å²) in [6.07, 6.45) is 0. The number of oxime groups is 2. The number of nitrogens with one attached hydrogen (secondary N) is 2. The highest BCUT2D eigenvalue weighted by Crippen LogP contribution is 2.08. The lowest BCUT2D eigenvalue weighted by atomic mass is 10.2. The summed E-state index contributed by atoms with van der Waals surface area (Å²) in [4.78, 5) is 15.1. The molecule has 1 aromatic heterocycles. The van der Waals surface area contributed by atoms with Crippen LogP contribution in [0, 0.1) is 0 Å². The Morgan fingerprint density at radius 3 is 1.47 bits per heavy atom. The van der Waals surface area contributed by atoms with E-state index in [1.54, 1.807) is 13.8 Å².